The van der Waals surface area contributed by atoms with E-state index in [-0.39, 0.29) is 12.1 Å². The van der Waals surface area contributed by atoms with Crippen LogP contribution in [0.15, 0.2) is 33.9 Å². The third-order valence-corrected chi connectivity index (χ3v) is 3.24. The van der Waals surface area contributed by atoms with Gasteiger partial charge in [-0.25, -0.2) is 9.97 Å². The minimum atomic E-state index is -0.169. The molecule has 2 aromatic heterocycles. The fraction of sp³-hybridized carbons (Fsp3) is 0.182. The Morgan fingerprint density at radius 3 is 3.00 bits per heavy atom. The first-order valence-electron chi connectivity index (χ1n) is 5.15. The Labute approximate surface area is 117 Å². The van der Waals surface area contributed by atoms with Crippen LogP contribution < -0.4 is 10.9 Å². The Bertz CT molecular complexity index is 629. The molecule has 0 unspecified atom stereocenters. The second-order valence-corrected chi connectivity index (χ2v) is 4.81. The molecule has 0 amide bonds. The van der Waals surface area contributed by atoms with E-state index >= 15 is 0 Å². The maximum atomic E-state index is 11.8. The molecule has 1 N–H and O–H groups in total. The Kier molecular flexibility index (Phi) is 3.98. The normalized spacial score (nSPS) is 10.4. The molecule has 0 fully saturated rings. The van der Waals surface area contributed by atoms with Gasteiger partial charge in [0.15, 0.2) is 0 Å². The van der Waals surface area contributed by atoms with Crippen LogP contribution in [0.3, 0.4) is 0 Å². The van der Waals surface area contributed by atoms with Crippen LogP contribution in [0.1, 0.15) is 5.69 Å². The quantitative estimate of drug-likeness (QED) is 0.937. The maximum Gasteiger partial charge on any atom is 0.267 e. The van der Waals surface area contributed by atoms with Gasteiger partial charge < -0.3 is 5.32 Å². The predicted molar refractivity (Wildman–Crippen MR) is 74.1 cm³/mol. The second kappa shape index (κ2) is 5.49. The number of pyridine rings is 1. The molecule has 0 aromatic carbocycles. The van der Waals surface area contributed by atoms with E-state index in [0.717, 1.165) is 0 Å². The average molecular weight is 330 g/mol. The third kappa shape index (κ3) is 2.70. The van der Waals surface area contributed by atoms with E-state index in [1.807, 2.05) is 0 Å². The zero-order valence-electron chi connectivity index (χ0n) is 9.52. The lowest BCUT2D eigenvalue weighted by molar-refractivity contribution is 0.715. The van der Waals surface area contributed by atoms with Crippen LogP contribution >= 0.6 is 27.5 Å². The summed E-state index contributed by atoms with van der Waals surface area (Å²) in [5.41, 5.74) is 0.447. The van der Waals surface area contributed by atoms with Gasteiger partial charge in [-0.3, -0.25) is 9.36 Å². The number of hydrogen-bond acceptors (Lipinski definition) is 4. The highest BCUT2D eigenvalue weighted by Crippen LogP contribution is 2.17. The Morgan fingerprint density at radius 1 is 1.50 bits per heavy atom. The number of aromatic nitrogens is 3. The summed E-state index contributed by atoms with van der Waals surface area (Å²) in [5, 5.41) is 3.44. The number of nitrogens with zero attached hydrogens (tertiary/aromatic N) is 3. The van der Waals surface area contributed by atoms with Crippen LogP contribution in [-0.2, 0) is 6.54 Å². The largest absolute Gasteiger partial charge is 0.373 e. The van der Waals surface area contributed by atoms with Crippen LogP contribution in [0.25, 0.3) is 0 Å². The average Bonchev–Trinajstić information content (AvgIpc) is 2.37. The van der Waals surface area contributed by atoms with E-state index in [2.05, 4.69) is 31.2 Å². The highest BCUT2D eigenvalue weighted by Gasteiger charge is 2.07. The summed E-state index contributed by atoms with van der Waals surface area (Å²) in [6, 6.07) is 3.51. The lowest BCUT2D eigenvalue weighted by atomic mass is 10.3. The van der Waals surface area contributed by atoms with Gasteiger partial charge in [-0.15, -0.1) is 0 Å². The number of rotatable bonds is 3. The molecule has 0 bridgehead atoms. The molecule has 0 spiro atoms. The van der Waals surface area contributed by atoms with Crippen molar-refractivity contribution < 1.29 is 0 Å². The topological polar surface area (TPSA) is 59.8 Å². The standard InChI is InChI=1S/C11H10BrClN4O/c1-14-10-3-2-8(13)9(16-10)5-17-6-15-4-7(12)11(17)18/h2-4,6H,5H2,1H3,(H,14,16). The van der Waals surface area contributed by atoms with E-state index < -0.39 is 0 Å². The Balaban J connectivity index is 2.39. The van der Waals surface area contributed by atoms with Gasteiger partial charge in [0.2, 0.25) is 0 Å². The number of anilines is 1. The van der Waals surface area contributed by atoms with E-state index in [4.69, 9.17) is 11.6 Å². The van der Waals surface area contributed by atoms with Gasteiger partial charge >= 0.3 is 0 Å². The first kappa shape index (κ1) is 13.0. The Hall–Kier alpha value is -1.40. The van der Waals surface area contributed by atoms with Crippen LogP contribution in [-0.4, -0.2) is 21.6 Å². The van der Waals surface area contributed by atoms with Crippen molar-refractivity contribution in [2.45, 2.75) is 6.54 Å². The molecule has 7 heteroatoms. The highest BCUT2D eigenvalue weighted by atomic mass is 79.9. The van der Waals surface area contributed by atoms with Gasteiger partial charge in [0, 0.05) is 13.2 Å². The molecule has 0 aliphatic heterocycles. The number of nitrogens with one attached hydrogen (secondary N) is 1. The van der Waals surface area contributed by atoms with Crippen molar-refractivity contribution in [3.63, 3.8) is 0 Å². The lowest BCUT2D eigenvalue weighted by Crippen LogP contribution is -2.22. The summed E-state index contributed by atoms with van der Waals surface area (Å²) in [7, 11) is 1.77. The van der Waals surface area contributed by atoms with E-state index in [1.165, 1.54) is 17.1 Å². The minimum absolute atomic E-state index is 0.169. The highest BCUT2D eigenvalue weighted by molar-refractivity contribution is 9.10. The monoisotopic (exact) mass is 328 g/mol. The predicted octanol–water partition coefficient (Wildman–Crippen LogP) is 2.14. The first-order chi connectivity index (χ1) is 8.61. The minimum Gasteiger partial charge on any atom is -0.373 e. The van der Waals surface area contributed by atoms with Crippen molar-refractivity contribution in [2.75, 3.05) is 12.4 Å². The van der Waals surface area contributed by atoms with Crippen LogP contribution in [0, 0.1) is 0 Å². The van der Waals surface area contributed by atoms with Gasteiger partial charge in [-0.1, -0.05) is 11.6 Å². The molecule has 2 heterocycles. The number of hydrogen-bond donors (Lipinski definition) is 1. The van der Waals surface area contributed by atoms with E-state index in [0.29, 0.717) is 21.0 Å². The molecule has 5 nitrogen and oxygen atoms in total. The molecule has 2 aromatic rings. The summed E-state index contributed by atoms with van der Waals surface area (Å²) in [6.45, 7) is 0.277. The van der Waals surface area contributed by atoms with Gasteiger partial charge in [-0.2, -0.15) is 0 Å². The molecule has 0 radical (unpaired) electrons. The molecule has 0 saturated carbocycles. The number of halogens is 2. The van der Waals surface area contributed by atoms with Gasteiger partial charge in [0.25, 0.3) is 5.56 Å². The van der Waals surface area contributed by atoms with Crippen molar-refractivity contribution in [3.05, 3.63) is 50.2 Å². The fourth-order valence-corrected chi connectivity index (χ4v) is 1.94. The summed E-state index contributed by atoms with van der Waals surface area (Å²) < 4.78 is 1.85. The van der Waals surface area contributed by atoms with Crippen LogP contribution in [0.4, 0.5) is 5.82 Å². The van der Waals surface area contributed by atoms with Crippen molar-refractivity contribution in [2.24, 2.45) is 0 Å². The first-order valence-corrected chi connectivity index (χ1v) is 6.32. The molecule has 2 rings (SSSR count). The molecule has 94 valence electrons. The van der Waals surface area contributed by atoms with Crippen LogP contribution in [0.2, 0.25) is 5.02 Å². The SMILES string of the molecule is CNc1ccc(Cl)c(Cn2cncc(Br)c2=O)n1. The van der Waals surface area contributed by atoms with Crippen molar-refractivity contribution in [1.29, 1.82) is 0 Å². The summed E-state index contributed by atoms with van der Waals surface area (Å²) in [4.78, 5) is 20.1. The molecule has 0 atom stereocenters. The summed E-state index contributed by atoms with van der Waals surface area (Å²) in [6.07, 6.45) is 2.91. The summed E-state index contributed by atoms with van der Waals surface area (Å²) in [5.74, 6) is 0.699. The van der Waals surface area contributed by atoms with Crippen molar-refractivity contribution >= 4 is 33.3 Å². The van der Waals surface area contributed by atoms with E-state index in [1.54, 1.807) is 19.2 Å². The molecule has 0 aliphatic carbocycles. The van der Waals surface area contributed by atoms with Crippen LogP contribution in [0.5, 0.6) is 0 Å². The smallest absolute Gasteiger partial charge is 0.267 e. The summed E-state index contributed by atoms with van der Waals surface area (Å²) >= 11 is 9.20. The van der Waals surface area contributed by atoms with Gasteiger partial charge in [0.05, 0.1) is 23.6 Å². The molecule has 0 aliphatic rings. The Morgan fingerprint density at radius 2 is 2.28 bits per heavy atom. The van der Waals surface area contributed by atoms with Gasteiger partial charge in [-0.05, 0) is 28.1 Å². The second-order valence-electron chi connectivity index (χ2n) is 3.55. The third-order valence-electron chi connectivity index (χ3n) is 2.35. The fourth-order valence-electron chi connectivity index (χ4n) is 1.43. The molecule has 0 saturated heterocycles. The molecule has 18 heavy (non-hydrogen) atoms. The lowest BCUT2D eigenvalue weighted by Gasteiger charge is -2.08. The van der Waals surface area contributed by atoms with E-state index in [9.17, 15) is 4.79 Å². The molecular weight excluding hydrogens is 320 g/mol. The zero-order valence-corrected chi connectivity index (χ0v) is 11.9. The zero-order chi connectivity index (χ0) is 13.1. The van der Waals surface area contributed by atoms with Crippen molar-refractivity contribution in [3.8, 4) is 0 Å². The van der Waals surface area contributed by atoms with Gasteiger partial charge in [0.1, 0.15) is 10.3 Å². The van der Waals surface area contributed by atoms with Crippen molar-refractivity contribution in [1.82, 2.24) is 14.5 Å². The molecular formula is C11H10BrClN4O. The maximum absolute atomic E-state index is 11.8.